The highest BCUT2D eigenvalue weighted by molar-refractivity contribution is 7.39. The fraction of sp³-hybridized carbons (Fsp3) is 0. The van der Waals surface area contributed by atoms with Gasteiger partial charge in [-0.1, -0.05) is 24.3 Å². The molecule has 0 saturated heterocycles. The predicted octanol–water partition coefficient (Wildman–Crippen LogP) is 12.9. The van der Waals surface area contributed by atoms with Gasteiger partial charge >= 0.3 is 0 Å². The van der Waals surface area contributed by atoms with E-state index in [4.69, 9.17) is 9.97 Å². The molecule has 45 heavy (non-hydrogen) atoms. The summed E-state index contributed by atoms with van der Waals surface area (Å²) >= 11 is 11.1. The summed E-state index contributed by atoms with van der Waals surface area (Å²) in [6.07, 6.45) is 3.92. The van der Waals surface area contributed by atoms with Crippen LogP contribution in [0.25, 0.3) is 86.9 Å². The molecule has 0 amide bonds. The van der Waals surface area contributed by atoms with Crippen LogP contribution in [0.1, 0.15) is 0 Å². The van der Waals surface area contributed by atoms with Crippen molar-refractivity contribution in [2.75, 3.05) is 0 Å². The summed E-state index contributed by atoms with van der Waals surface area (Å²) in [5.74, 6) is 0. The number of benzene rings is 1. The highest BCUT2D eigenvalue weighted by atomic mass is 32.1. The number of hydrogen-bond acceptors (Lipinski definition) is 8. The van der Waals surface area contributed by atoms with Crippen molar-refractivity contribution >= 4 is 109 Å². The lowest BCUT2D eigenvalue weighted by Crippen LogP contribution is -1.92. The number of thiophene rings is 6. The van der Waals surface area contributed by atoms with Gasteiger partial charge in [-0.3, -0.25) is 14.5 Å². The molecule has 0 atom stereocenters. The van der Waals surface area contributed by atoms with E-state index in [1.54, 1.807) is 11.3 Å². The molecule has 0 aliphatic carbocycles. The lowest BCUT2D eigenvalue weighted by molar-refractivity contribution is 1.19. The first-order chi connectivity index (χ1) is 22.3. The van der Waals surface area contributed by atoms with E-state index in [2.05, 4.69) is 106 Å². The van der Waals surface area contributed by atoms with Gasteiger partial charge in [0.2, 0.25) is 0 Å². The topological polar surface area (TPSA) is 30.7 Å². The standard InChI is InChI=1S/C36H19N3S6/c1-2-5-25-21(4-1)22-17-24(38-19-26(22)39(25)34-10-9-29(44-34)28-6-3-14-40-28)23-16-20(11-13-37-23)27-7-8-30(42-27)32-18-33-36(45-32)35-31(43-33)12-15-41-35/h1-19H. The van der Waals surface area contributed by atoms with Gasteiger partial charge in [-0.2, -0.15) is 0 Å². The minimum absolute atomic E-state index is 0.882. The number of pyridine rings is 2. The van der Waals surface area contributed by atoms with E-state index in [9.17, 15) is 0 Å². The van der Waals surface area contributed by atoms with Crippen molar-refractivity contribution < 1.29 is 0 Å². The summed E-state index contributed by atoms with van der Waals surface area (Å²) < 4.78 is 7.98. The van der Waals surface area contributed by atoms with Crippen molar-refractivity contribution in [2.45, 2.75) is 0 Å². The normalized spacial score (nSPS) is 12.0. The van der Waals surface area contributed by atoms with E-state index in [-0.39, 0.29) is 0 Å². The molecule has 0 spiro atoms. The molecule has 0 saturated carbocycles. The zero-order valence-electron chi connectivity index (χ0n) is 23.3. The Morgan fingerprint density at radius 3 is 2.36 bits per heavy atom. The third-order valence-corrected chi connectivity index (χ3v) is 15.1. The van der Waals surface area contributed by atoms with E-state index in [0.29, 0.717) is 0 Å². The molecule has 0 aliphatic rings. The van der Waals surface area contributed by atoms with E-state index >= 15 is 0 Å². The van der Waals surface area contributed by atoms with Crippen LogP contribution in [0.15, 0.2) is 114 Å². The van der Waals surface area contributed by atoms with Gasteiger partial charge in [0.25, 0.3) is 0 Å². The average molecular weight is 686 g/mol. The van der Waals surface area contributed by atoms with E-state index in [0.717, 1.165) is 16.9 Å². The summed E-state index contributed by atoms with van der Waals surface area (Å²) in [5, 5.41) is 7.93. The molecule has 0 bridgehead atoms. The van der Waals surface area contributed by atoms with Gasteiger partial charge in [0.05, 0.1) is 38.0 Å². The van der Waals surface area contributed by atoms with Crippen LogP contribution in [0.3, 0.4) is 0 Å². The van der Waals surface area contributed by atoms with Crippen LogP contribution >= 0.6 is 68.0 Å². The van der Waals surface area contributed by atoms with Crippen molar-refractivity contribution in [1.29, 1.82) is 0 Å². The first-order valence-electron chi connectivity index (χ1n) is 14.3. The molecule has 10 rings (SSSR count). The minimum atomic E-state index is 0.882. The molecular weight excluding hydrogens is 667 g/mol. The second-order valence-corrected chi connectivity index (χ2v) is 16.8. The monoisotopic (exact) mass is 685 g/mol. The summed E-state index contributed by atoms with van der Waals surface area (Å²) in [5.41, 5.74) is 5.22. The maximum Gasteiger partial charge on any atom is 0.101 e. The van der Waals surface area contributed by atoms with Gasteiger partial charge in [-0.25, -0.2) is 0 Å². The molecule has 0 fully saturated rings. The lowest BCUT2D eigenvalue weighted by Gasteiger charge is -2.06. The lowest BCUT2D eigenvalue weighted by atomic mass is 10.1. The second kappa shape index (κ2) is 10.3. The number of aromatic nitrogens is 3. The minimum Gasteiger partial charge on any atom is -0.299 e. The van der Waals surface area contributed by atoms with Gasteiger partial charge in [0.15, 0.2) is 0 Å². The maximum atomic E-state index is 4.97. The number of fused-ring (bicyclic) bond motifs is 6. The second-order valence-electron chi connectivity index (χ2n) is 10.7. The molecular formula is C36H19N3S6. The Hall–Kier alpha value is -3.96. The van der Waals surface area contributed by atoms with Gasteiger partial charge < -0.3 is 0 Å². The smallest absolute Gasteiger partial charge is 0.101 e. The average Bonchev–Trinajstić information content (AvgIpc) is 3.92. The molecule has 0 unspecified atom stereocenters. The fourth-order valence-electron chi connectivity index (χ4n) is 5.99. The van der Waals surface area contributed by atoms with Crippen LogP contribution in [0, 0.1) is 0 Å². The van der Waals surface area contributed by atoms with Crippen LogP contribution in [0.4, 0.5) is 0 Å². The summed E-state index contributed by atoms with van der Waals surface area (Å²) in [4.78, 5) is 16.2. The highest BCUT2D eigenvalue weighted by Gasteiger charge is 2.17. The number of nitrogens with zero attached hydrogens (tertiary/aromatic N) is 3. The summed E-state index contributed by atoms with van der Waals surface area (Å²) in [7, 11) is 0. The fourth-order valence-corrected chi connectivity index (χ4v) is 12.7. The Kier molecular flexibility index (Phi) is 6.00. The van der Waals surface area contributed by atoms with Crippen molar-refractivity contribution in [3.63, 3.8) is 0 Å². The first-order valence-corrected chi connectivity index (χ1v) is 19.3. The van der Waals surface area contributed by atoms with Crippen LogP contribution in [0.2, 0.25) is 0 Å². The van der Waals surface area contributed by atoms with E-state index in [1.807, 2.05) is 69.1 Å². The van der Waals surface area contributed by atoms with Crippen molar-refractivity contribution in [1.82, 2.24) is 14.5 Å². The Morgan fingerprint density at radius 2 is 1.40 bits per heavy atom. The first kappa shape index (κ1) is 26.3. The zero-order chi connectivity index (χ0) is 29.5. The molecule has 10 aromatic rings. The van der Waals surface area contributed by atoms with Gasteiger partial charge in [-0.05, 0) is 83.1 Å². The maximum absolute atomic E-state index is 4.97. The summed E-state index contributed by atoms with van der Waals surface area (Å²) in [6, 6.07) is 33.0. The van der Waals surface area contributed by atoms with E-state index in [1.165, 1.54) is 70.0 Å². The zero-order valence-corrected chi connectivity index (χ0v) is 28.2. The molecule has 3 nitrogen and oxygen atoms in total. The number of rotatable bonds is 5. The highest BCUT2D eigenvalue weighted by Crippen LogP contribution is 2.47. The quantitative estimate of drug-likeness (QED) is 0.181. The summed E-state index contributed by atoms with van der Waals surface area (Å²) in [6.45, 7) is 0. The molecule has 1 aromatic carbocycles. The predicted molar refractivity (Wildman–Crippen MR) is 200 cm³/mol. The van der Waals surface area contributed by atoms with Crippen LogP contribution < -0.4 is 0 Å². The molecule has 9 heteroatoms. The molecule has 0 N–H and O–H groups in total. The third kappa shape index (κ3) is 4.23. The Bertz CT molecular complexity index is 2670. The van der Waals surface area contributed by atoms with Crippen molar-refractivity contribution in [2.24, 2.45) is 0 Å². The van der Waals surface area contributed by atoms with Crippen molar-refractivity contribution in [3.8, 4) is 46.3 Å². The number of para-hydroxylation sites is 1. The molecule has 0 radical (unpaired) electrons. The molecule has 9 aromatic heterocycles. The van der Waals surface area contributed by atoms with Crippen molar-refractivity contribution in [3.05, 3.63) is 114 Å². The van der Waals surface area contributed by atoms with Gasteiger partial charge in [0.1, 0.15) is 5.00 Å². The molecule has 0 aliphatic heterocycles. The third-order valence-electron chi connectivity index (χ3n) is 8.04. The van der Waals surface area contributed by atoms with Crippen LogP contribution in [0.5, 0.6) is 0 Å². The Morgan fingerprint density at radius 1 is 0.511 bits per heavy atom. The van der Waals surface area contributed by atoms with E-state index < -0.39 is 0 Å². The Labute approximate surface area is 281 Å². The van der Waals surface area contributed by atoms with Crippen LogP contribution in [-0.4, -0.2) is 14.5 Å². The molecule has 9 heterocycles. The van der Waals surface area contributed by atoms with Gasteiger partial charge in [0, 0.05) is 50.8 Å². The van der Waals surface area contributed by atoms with Crippen LogP contribution in [-0.2, 0) is 0 Å². The Balaban J connectivity index is 1.03. The largest absolute Gasteiger partial charge is 0.299 e. The molecule has 214 valence electrons. The SMILES string of the molecule is c1csc(-c2ccc(-n3c4ccccc4c4cc(-c5cc(-c6ccc(-c7cc8sc9ccsc9c8s7)s6)ccn5)ncc43)s2)c1. The van der Waals surface area contributed by atoms with Gasteiger partial charge in [-0.15, -0.1) is 68.0 Å². The number of hydrogen-bond donors (Lipinski definition) is 0.